The number of nitrogens with one attached hydrogen (secondary N) is 1. The average molecular weight is 310 g/mol. The lowest BCUT2D eigenvalue weighted by Crippen LogP contribution is -2.26. The quantitative estimate of drug-likeness (QED) is 0.875. The third kappa shape index (κ3) is 4.20. The second-order valence-electron chi connectivity index (χ2n) is 6.12. The molecule has 0 atom stereocenters. The van der Waals surface area contributed by atoms with Gasteiger partial charge in [0.1, 0.15) is 0 Å². The van der Waals surface area contributed by atoms with Crippen molar-refractivity contribution in [2.75, 3.05) is 5.32 Å². The normalized spacial score (nSPS) is 23.0. The van der Waals surface area contributed by atoms with Crippen LogP contribution in [0.2, 0.25) is 0 Å². The van der Waals surface area contributed by atoms with E-state index in [-0.39, 0.29) is 4.90 Å². The summed E-state index contributed by atoms with van der Waals surface area (Å²) in [6.07, 6.45) is 7.43. The van der Waals surface area contributed by atoms with Crippen molar-refractivity contribution in [3.63, 3.8) is 0 Å². The van der Waals surface area contributed by atoms with Gasteiger partial charge in [-0.3, -0.25) is 0 Å². The molecule has 118 valence electrons. The molecule has 5 heteroatoms. The minimum Gasteiger partial charge on any atom is -0.382 e. The molecule has 0 aliphatic heterocycles. The molecule has 0 heterocycles. The Bertz CT molecular complexity index is 576. The maximum Gasteiger partial charge on any atom is 0.238 e. The van der Waals surface area contributed by atoms with Crippen molar-refractivity contribution in [3.8, 4) is 0 Å². The molecule has 1 aliphatic carbocycles. The van der Waals surface area contributed by atoms with E-state index in [1.165, 1.54) is 25.7 Å². The van der Waals surface area contributed by atoms with Gasteiger partial charge in [-0.15, -0.1) is 0 Å². The molecule has 0 bridgehead atoms. The maximum atomic E-state index is 11.6. The van der Waals surface area contributed by atoms with E-state index in [1.54, 1.807) is 12.1 Å². The Balaban J connectivity index is 2.05. The van der Waals surface area contributed by atoms with Gasteiger partial charge in [0.2, 0.25) is 10.0 Å². The van der Waals surface area contributed by atoms with E-state index < -0.39 is 10.0 Å². The van der Waals surface area contributed by atoms with Gasteiger partial charge in [0.25, 0.3) is 0 Å². The Morgan fingerprint density at radius 2 is 1.90 bits per heavy atom. The van der Waals surface area contributed by atoms with Crippen LogP contribution in [0.3, 0.4) is 0 Å². The molecule has 1 aromatic rings. The fourth-order valence-electron chi connectivity index (χ4n) is 3.30. The lowest BCUT2D eigenvalue weighted by Gasteiger charge is -2.30. The van der Waals surface area contributed by atoms with Crippen molar-refractivity contribution in [3.05, 3.63) is 23.8 Å². The number of hydrogen-bond acceptors (Lipinski definition) is 3. The van der Waals surface area contributed by atoms with Gasteiger partial charge >= 0.3 is 0 Å². The van der Waals surface area contributed by atoms with Crippen LogP contribution in [0, 0.1) is 12.8 Å². The second kappa shape index (κ2) is 6.79. The molecular weight excluding hydrogens is 284 g/mol. The van der Waals surface area contributed by atoms with Crippen LogP contribution in [0.5, 0.6) is 0 Å². The van der Waals surface area contributed by atoms with E-state index in [0.717, 1.165) is 30.0 Å². The molecule has 3 N–H and O–H groups in total. The van der Waals surface area contributed by atoms with Crippen LogP contribution in [0.4, 0.5) is 5.69 Å². The van der Waals surface area contributed by atoms with Crippen LogP contribution >= 0.6 is 0 Å². The third-order valence-corrected chi connectivity index (χ3v) is 5.55. The molecular formula is C16H26N2O2S. The zero-order valence-corrected chi connectivity index (χ0v) is 13.7. The summed E-state index contributed by atoms with van der Waals surface area (Å²) in [5, 5.41) is 8.76. The second-order valence-corrected chi connectivity index (χ2v) is 7.65. The molecule has 21 heavy (non-hydrogen) atoms. The molecule has 1 aromatic carbocycles. The molecule has 0 unspecified atom stereocenters. The standard InChI is InChI=1S/C16H26N2O2S/c1-3-5-13-8-10-14(11-9-13)18-15-6-4-7-16(12(15)2)21(17,19)20/h4,6-7,13-14,18H,3,5,8-11H2,1-2H3,(H2,17,19,20). The predicted molar refractivity (Wildman–Crippen MR) is 86.8 cm³/mol. The van der Waals surface area contributed by atoms with Crippen molar-refractivity contribution in [2.24, 2.45) is 11.1 Å². The zero-order valence-electron chi connectivity index (χ0n) is 12.9. The van der Waals surface area contributed by atoms with Gasteiger partial charge in [0.15, 0.2) is 0 Å². The Kier molecular flexibility index (Phi) is 5.27. The smallest absolute Gasteiger partial charge is 0.238 e. The van der Waals surface area contributed by atoms with E-state index in [2.05, 4.69) is 12.2 Å². The van der Waals surface area contributed by atoms with Gasteiger partial charge in [0.05, 0.1) is 4.90 Å². The molecule has 1 aliphatic rings. The first-order chi connectivity index (χ1) is 9.91. The zero-order chi connectivity index (χ0) is 15.5. The minimum atomic E-state index is -3.65. The van der Waals surface area contributed by atoms with Crippen LogP contribution in [0.15, 0.2) is 23.1 Å². The summed E-state index contributed by atoms with van der Waals surface area (Å²) >= 11 is 0. The predicted octanol–water partition coefficient (Wildman–Crippen LogP) is 3.41. The van der Waals surface area contributed by atoms with Crippen LogP contribution < -0.4 is 10.5 Å². The van der Waals surface area contributed by atoms with Gasteiger partial charge in [-0.2, -0.15) is 0 Å². The number of benzene rings is 1. The summed E-state index contributed by atoms with van der Waals surface area (Å²) in [5.41, 5.74) is 1.61. The molecule has 0 aromatic heterocycles. The van der Waals surface area contributed by atoms with Crippen molar-refractivity contribution in [1.82, 2.24) is 0 Å². The van der Waals surface area contributed by atoms with Gasteiger partial charge < -0.3 is 5.32 Å². The van der Waals surface area contributed by atoms with Gasteiger partial charge in [-0.05, 0) is 56.2 Å². The Hall–Kier alpha value is -1.07. The van der Waals surface area contributed by atoms with E-state index in [0.29, 0.717) is 6.04 Å². The summed E-state index contributed by atoms with van der Waals surface area (Å²) in [5.74, 6) is 0.866. The van der Waals surface area contributed by atoms with Crippen molar-refractivity contribution < 1.29 is 8.42 Å². The summed E-state index contributed by atoms with van der Waals surface area (Å²) < 4.78 is 23.1. The Labute approximate surface area is 128 Å². The molecule has 0 spiro atoms. The minimum absolute atomic E-state index is 0.215. The first kappa shape index (κ1) is 16.3. The number of nitrogens with two attached hydrogens (primary N) is 1. The summed E-state index contributed by atoms with van der Waals surface area (Å²) in [4.78, 5) is 0.215. The molecule has 2 rings (SSSR count). The van der Waals surface area contributed by atoms with E-state index in [1.807, 2.05) is 13.0 Å². The first-order valence-electron chi connectivity index (χ1n) is 7.80. The van der Waals surface area contributed by atoms with Crippen LogP contribution in [0.1, 0.15) is 51.0 Å². The number of sulfonamides is 1. The fraction of sp³-hybridized carbons (Fsp3) is 0.625. The summed E-state index contributed by atoms with van der Waals surface area (Å²) in [6.45, 7) is 4.05. The van der Waals surface area contributed by atoms with E-state index in [4.69, 9.17) is 5.14 Å². The molecule has 0 saturated heterocycles. The largest absolute Gasteiger partial charge is 0.382 e. The number of rotatable bonds is 5. The number of hydrogen-bond donors (Lipinski definition) is 2. The number of primary sulfonamides is 1. The van der Waals surface area contributed by atoms with Gasteiger partial charge in [-0.25, -0.2) is 13.6 Å². The van der Waals surface area contributed by atoms with Crippen molar-refractivity contribution in [2.45, 2.75) is 63.3 Å². The fourth-order valence-corrected chi connectivity index (χ4v) is 4.11. The topological polar surface area (TPSA) is 72.2 Å². The Morgan fingerprint density at radius 1 is 1.24 bits per heavy atom. The monoisotopic (exact) mass is 310 g/mol. The summed E-state index contributed by atoms with van der Waals surface area (Å²) in [7, 11) is -3.65. The van der Waals surface area contributed by atoms with Crippen LogP contribution in [-0.2, 0) is 10.0 Å². The first-order valence-corrected chi connectivity index (χ1v) is 9.35. The average Bonchev–Trinajstić information content (AvgIpc) is 2.42. The Morgan fingerprint density at radius 3 is 2.48 bits per heavy atom. The lowest BCUT2D eigenvalue weighted by molar-refractivity contribution is 0.319. The van der Waals surface area contributed by atoms with Gasteiger partial charge in [0, 0.05) is 11.7 Å². The highest BCUT2D eigenvalue weighted by atomic mass is 32.2. The molecule has 1 saturated carbocycles. The van der Waals surface area contributed by atoms with Crippen molar-refractivity contribution >= 4 is 15.7 Å². The molecule has 0 radical (unpaired) electrons. The number of anilines is 1. The third-order valence-electron chi connectivity index (χ3n) is 4.49. The van der Waals surface area contributed by atoms with Crippen molar-refractivity contribution in [1.29, 1.82) is 0 Å². The van der Waals surface area contributed by atoms with E-state index >= 15 is 0 Å². The highest BCUT2D eigenvalue weighted by Crippen LogP contribution is 2.31. The van der Waals surface area contributed by atoms with E-state index in [9.17, 15) is 8.42 Å². The maximum absolute atomic E-state index is 11.6. The molecule has 1 fully saturated rings. The van der Waals surface area contributed by atoms with Crippen LogP contribution in [0.25, 0.3) is 0 Å². The molecule has 0 amide bonds. The highest BCUT2D eigenvalue weighted by molar-refractivity contribution is 7.89. The molecule has 4 nitrogen and oxygen atoms in total. The summed E-state index contributed by atoms with van der Waals surface area (Å²) in [6, 6.07) is 5.68. The van der Waals surface area contributed by atoms with Crippen LogP contribution in [-0.4, -0.2) is 14.5 Å². The van der Waals surface area contributed by atoms with Gasteiger partial charge in [-0.1, -0.05) is 25.8 Å². The lowest BCUT2D eigenvalue weighted by atomic mass is 9.83. The SMILES string of the molecule is CCCC1CCC(Nc2cccc(S(N)(=O)=O)c2C)CC1. The highest BCUT2D eigenvalue weighted by Gasteiger charge is 2.21.